The summed E-state index contributed by atoms with van der Waals surface area (Å²) in [6, 6.07) is 15.6. The first kappa shape index (κ1) is 18.4. The topological polar surface area (TPSA) is 68.8 Å². The minimum absolute atomic E-state index is 0.192. The summed E-state index contributed by atoms with van der Waals surface area (Å²) in [7, 11) is 0. The number of rotatable bonds is 5. The third-order valence-corrected chi connectivity index (χ3v) is 5.24. The number of ether oxygens (including phenoxy) is 1. The van der Waals surface area contributed by atoms with Crippen LogP contribution in [0.25, 0.3) is 10.9 Å². The van der Waals surface area contributed by atoms with E-state index in [1.165, 1.54) is 5.69 Å². The van der Waals surface area contributed by atoms with Crippen molar-refractivity contribution in [3.63, 3.8) is 0 Å². The van der Waals surface area contributed by atoms with Crippen LogP contribution in [-0.2, 0) is 11.3 Å². The number of phenolic OH excluding ortho intramolecular Hbond substituents is 1. The number of carbonyl (C=O) groups excluding carboxylic acids is 1. The number of nitrogens with one attached hydrogen (secondary N) is 1. The Hall–Kier alpha value is -2.99. The molecule has 2 N–H and O–H groups in total. The molecule has 146 valence electrons. The summed E-state index contributed by atoms with van der Waals surface area (Å²) in [5.41, 5.74) is 3.44. The lowest BCUT2D eigenvalue weighted by Gasteiger charge is -2.36. The lowest BCUT2D eigenvalue weighted by Crippen LogP contribution is -2.46. The van der Waals surface area contributed by atoms with Crippen LogP contribution in [-0.4, -0.2) is 53.7 Å². The number of hydrogen-bond donors (Lipinski definition) is 2. The first-order valence-electron chi connectivity index (χ1n) is 9.68. The third kappa shape index (κ3) is 3.68. The van der Waals surface area contributed by atoms with Gasteiger partial charge in [-0.1, -0.05) is 18.2 Å². The SMILES string of the molecule is CCOC(=O)c1[nH]c2ccc(O)cc2c1CN1CCN(c2ccccc2)CC1. The van der Waals surface area contributed by atoms with Gasteiger partial charge in [-0.2, -0.15) is 0 Å². The molecule has 0 bridgehead atoms. The average molecular weight is 379 g/mol. The van der Waals surface area contributed by atoms with Gasteiger partial charge in [0.2, 0.25) is 0 Å². The smallest absolute Gasteiger partial charge is 0.355 e. The number of piperazine rings is 1. The second-order valence-corrected chi connectivity index (χ2v) is 7.03. The van der Waals surface area contributed by atoms with Crippen LogP contribution in [0.2, 0.25) is 0 Å². The summed E-state index contributed by atoms with van der Waals surface area (Å²) in [5, 5.41) is 10.8. The number of phenols is 1. The maximum Gasteiger partial charge on any atom is 0.355 e. The van der Waals surface area contributed by atoms with Crippen LogP contribution in [0.15, 0.2) is 48.5 Å². The Morgan fingerprint density at radius 2 is 1.86 bits per heavy atom. The Morgan fingerprint density at radius 1 is 1.11 bits per heavy atom. The van der Waals surface area contributed by atoms with E-state index in [0.717, 1.165) is 42.6 Å². The molecule has 3 aromatic rings. The van der Waals surface area contributed by atoms with Gasteiger partial charge >= 0.3 is 5.97 Å². The van der Waals surface area contributed by atoms with Gasteiger partial charge in [-0.3, -0.25) is 4.90 Å². The van der Waals surface area contributed by atoms with Crippen molar-refractivity contribution in [3.05, 3.63) is 59.8 Å². The summed E-state index contributed by atoms with van der Waals surface area (Å²) in [4.78, 5) is 20.4. The lowest BCUT2D eigenvalue weighted by molar-refractivity contribution is 0.0518. The fourth-order valence-corrected chi connectivity index (χ4v) is 3.80. The first-order chi connectivity index (χ1) is 13.7. The van der Waals surface area contributed by atoms with Crippen molar-refractivity contribution in [1.29, 1.82) is 0 Å². The number of carbonyl (C=O) groups is 1. The predicted molar refractivity (Wildman–Crippen MR) is 110 cm³/mol. The van der Waals surface area contributed by atoms with Crippen molar-refractivity contribution in [2.24, 2.45) is 0 Å². The number of para-hydroxylation sites is 1. The normalized spacial score (nSPS) is 15.1. The fourth-order valence-electron chi connectivity index (χ4n) is 3.80. The molecule has 4 rings (SSSR count). The number of aromatic hydroxyl groups is 1. The molecule has 1 aliphatic rings. The molecule has 1 aromatic heterocycles. The maximum atomic E-state index is 12.5. The van der Waals surface area contributed by atoms with Crippen LogP contribution in [0.3, 0.4) is 0 Å². The first-order valence-corrected chi connectivity index (χ1v) is 9.68. The second kappa shape index (κ2) is 7.94. The van der Waals surface area contributed by atoms with E-state index >= 15 is 0 Å². The zero-order valence-electron chi connectivity index (χ0n) is 16.0. The molecule has 28 heavy (non-hydrogen) atoms. The molecule has 0 radical (unpaired) electrons. The van der Waals surface area contributed by atoms with Crippen LogP contribution >= 0.6 is 0 Å². The minimum Gasteiger partial charge on any atom is -0.508 e. The van der Waals surface area contributed by atoms with E-state index in [4.69, 9.17) is 4.74 Å². The Bertz CT molecular complexity index is 960. The van der Waals surface area contributed by atoms with Crippen molar-refractivity contribution in [3.8, 4) is 5.75 Å². The van der Waals surface area contributed by atoms with Crippen molar-refractivity contribution >= 4 is 22.6 Å². The van der Waals surface area contributed by atoms with Gasteiger partial charge in [0, 0.05) is 54.9 Å². The van der Waals surface area contributed by atoms with Gasteiger partial charge < -0.3 is 19.7 Å². The molecule has 0 amide bonds. The molecule has 0 unspecified atom stereocenters. The van der Waals surface area contributed by atoms with Gasteiger partial charge in [0.1, 0.15) is 11.4 Å². The molecule has 6 nitrogen and oxygen atoms in total. The van der Waals surface area contributed by atoms with E-state index in [2.05, 4.69) is 39.0 Å². The summed E-state index contributed by atoms with van der Waals surface area (Å²) >= 11 is 0. The number of anilines is 1. The van der Waals surface area contributed by atoms with Gasteiger partial charge in [0.15, 0.2) is 0 Å². The molecule has 0 spiro atoms. The average Bonchev–Trinajstić information content (AvgIpc) is 3.07. The molecule has 1 aliphatic heterocycles. The molecule has 2 aromatic carbocycles. The zero-order chi connectivity index (χ0) is 19.5. The Kier molecular flexibility index (Phi) is 5.21. The zero-order valence-corrected chi connectivity index (χ0v) is 16.0. The van der Waals surface area contributed by atoms with E-state index in [9.17, 15) is 9.90 Å². The van der Waals surface area contributed by atoms with E-state index in [-0.39, 0.29) is 11.7 Å². The molecular weight excluding hydrogens is 354 g/mol. The molecule has 0 atom stereocenters. The van der Waals surface area contributed by atoms with Gasteiger partial charge in [0.25, 0.3) is 0 Å². The standard InChI is InChI=1S/C22H25N3O3/c1-2-28-22(27)21-19(18-14-17(26)8-9-20(18)23-21)15-24-10-12-25(13-11-24)16-6-4-3-5-7-16/h3-9,14,23,26H,2,10-13,15H2,1H3. The summed E-state index contributed by atoms with van der Waals surface area (Å²) in [6.07, 6.45) is 0. The molecule has 0 saturated carbocycles. The molecule has 6 heteroatoms. The highest BCUT2D eigenvalue weighted by atomic mass is 16.5. The number of aromatic amines is 1. The summed E-state index contributed by atoms with van der Waals surface area (Å²) in [6.45, 7) is 6.45. The number of nitrogens with zero attached hydrogens (tertiary/aromatic N) is 2. The maximum absolute atomic E-state index is 12.5. The second-order valence-electron chi connectivity index (χ2n) is 7.03. The van der Waals surface area contributed by atoms with Crippen LogP contribution in [0.4, 0.5) is 5.69 Å². The van der Waals surface area contributed by atoms with Gasteiger partial charge in [-0.05, 0) is 37.3 Å². The van der Waals surface area contributed by atoms with Crippen molar-refractivity contribution in [1.82, 2.24) is 9.88 Å². The largest absolute Gasteiger partial charge is 0.508 e. The van der Waals surface area contributed by atoms with E-state index < -0.39 is 0 Å². The highest BCUT2D eigenvalue weighted by molar-refractivity contribution is 5.98. The summed E-state index contributed by atoms with van der Waals surface area (Å²) in [5.74, 6) is -0.159. The number of H-pyrrole nitrogens is 1. The summed E-state index contributed by atoms with van der Waals surface area (Å²) < 4.78 is 5.23. The van der Waals surface area contributed by atoms with Crippen LogP contribution in [0.5, 0.6) is 5.75 Å². The van der Waals surface area contributed by atoms with Crippen LogP contribution in [0, 0.1) is 0 Å². The van der Waals surface area contributed by atoms with Gasteiger partial charge in [-0.15, -0.1) is 0 Å². The van der Waals surface area contributed by atoms with Gasteiger partial charge in [0.05, 0.1) is 6.61 Å². The van der Waals surface area contributed by atoms with E-state index in [1.807, 2.05) is 6.07 Å². The van der Waals surface area contributed by atoms with Crippen molar-refractivity contribution in [2.45, 2.75) is 13.5 Å². The highest BCUT2D eigenvalue weighted by Gasteiger charge is 2.23. The molecule has 1 saturated heterocycles. The molecular formula is C22H25N3O3. The number of hydrogen-bond acceptors (Lipinski definition) is 5. The quantitative estimate of drug-likeness (QED) is 0.665. The number of aromatic nitrogens is 1. The minimum atomic E-state index is -0.351. The number of esters is 1. The third-order valence-electron chi connectivity index (χ3n) is 5.24. The molecule has 1 fully saturated rings. The Labute approximate surface area is 164 Å². The predicted octanol–water partition coefficient (Wildman–Crippen LogP) is 3.37. The number of fused-ring (bicyclic) bond motifs is 1. The monoisotopic (exact) mass is 379 g/mol. The number of benzene rings is 2. The van der Waals surface area contributed by atoms with E-state index in [0.29, 0.717) is 18.8 Å². The van der Waals surface area contributed by atoms with Crippen molar-refractivity contribution in [2.75, 3.05) is 37.7 Å². The molecule has 2 heterocycles. The van der Waals surface area contributed by atoms with Gasteiger partial charge in [-0.25, -0.2) is 4.79 Å². The van der Waals surface area contributed by atoms with Crippen molar-refractivity contribution < 1.29 is 14.6 Å². The lowest BCUT2D eigenvalue weighted by atomic mass is 10.1. The fraction of sp³-hybridized carbons (Fsp3) is 0.318. The highest BCUT2D eigenvalue weighted by Crippen LogP contribution is 2.28. The Balaban J connectivity index is 1.55. The van der Waals surface area contributed by atoms with Crippen LogP contribution < -0.4 is 4.90 Å². The van der Waals surface area contributed by atoms with Crippen LogP contribution in [0.1, 0.15) is 23.0 Å². The van der Waals surface area contributed by atoms with E-state index in [1.54, 1.807) is 25.1 Å². The molecule has 0 aliphatic carbocycles. The Morgan fingerprint density at radius 3 is 2.57 bits per heavy atom.